The van der Waals surface area contributed by atoms with Crippen molar-refractivity contribution in [1.82, 2.24) is 0 Å². The maximum atomic E-state index is 13.2. The minimum absolute atomic E-state index is 0.159. The Balaban J connectivity index is 3.31. The van der Waals surface area contributed by atoms with Crippen LogP contribution in [-0.2, 0) is 6.42 Å². The molecule has 0 heterocycles. The van der Waals surface area contributed by atoms with Crippen LogP contribution in [0, 0.1) is 12.7 Å². The van der Waals surface area contributed by atoms with Gasteiger partial charge in [0, 0.05) is 0 Å². The lowest BCUT2D eigenvalue weighted by Gasteiger charge is -2.03. The van der Waals surface area contributed by atoms with Crippen LogP contribution in [0.3, 0.4) is 0 Å². The summed E-state index contributed by atoms with van der Waals surface area (Å²) >= 11 is 0. The van der Waals surface area contributed by atoms with Crippen molar-refractivity contribution in [2.45, 2.75) is 20.3 Å². The minimum atomic E-state index is -0.377. The monoisotopic (exact) mass is 166 g/mol. The Kier molecular flexibility index (Phi) is 2.58. The lowest BCUT2D eigenvalue weighted by molar-refractivity contribution is 0.111. The molecule has 0 fully saturated rings. The van der Waals surface area contributed by atoms with E-state index in [1.807, 2.05) is 13.8 Å². The largest absolute Gasteiger partial charge is 0.298 e. The van der Waals surface area contributed by atoms with Crippen LogP contribution in [0.2, 0.25) is 0 Å². The molecule has 0 unspecified atom stereocenters. The van der Waals surface area contributed by atoms with E-state index in [0.717, 1.165) is 5.56 Å². The highest BCUT2D eigenvalue weighted by Gasteiger charge is 2.06. The number of carbonyl (C=O) groups is 1. The zero-order valence-electron chi connectivity index (χ0n) is 7.23. The SMILES string of the molecule is CCc1cc(C)cc(C=O)c1F. The zero-order valence-corrected chi connectivity index (χ0v) is 7.23. The van der Waals surface area contributed by atoms with Crippen LogP contribution < -0.4 is 0 Å². The van der Waals surface area contributed by atoms with Crippen molar-refractivity contribution >= 4 is 6.29 Å². The van der Waals surface area contributed by atoms with Gasteiger partial charge in [-0.2, -0.15) is 0 Å². The normalized spacial score (nSPS) is 9.92. The van der Waals surface area contributed by atoms with E-state index in [-0.39, 0.29) is 11.4 Å². The summed E-state index contributed by atoms with van der Waals surface area (Å²) in [6, 6.07) is 3.32. The Morgan fingerprint density at radius 3 is 2.67 bits per heavy atom. The van der Waals surface area contributed by atoms with Gasteiger partial charge in [-0.1, -0.05) is 13.0 Å². The summed E-state index contributed by atoms with van der Waals surface area (Å²) in [7, 11) is 0. The molecule has 0 aliphatic rings. The number of hydrogen-bond acceptors (Lipinski definition) is 1. The van der Waals surface area contributed by atoms with Gasteiger partial charge in [0.25, 0.3) is 0 Å². The van der Waals surface area contributed by atoms with Crippen LogP contribution >= 0.6 is 0 Å². The fourth-order valence-electron chi connectivity index (χ4n) is 1.22. The average molecular weight is 166 g/mol. The Bertz CT molecular complexity index is 305. The number of carbonyl (C=O) groups excluding carboxylic acids is 1. The summed E-state index contributed by atoms with van der Waals surface area (Å²) in [5.41, 5.74) is 1.69. The van der Waals surface area contributed by atoms with Gasteiger partial charge in [0.1, 0.15) is 5.82 Å². The fourth-order valence-corrected chi connectivity index (χ4v) is 1.22. The maximum absolute atomic E-state index is 13.2. The van der Waals surface area contributed by atoms with Gasteiger partial charge in [-0.15, -0.1) is 0 Å². The van der Waals surface area contributed by atoms with Crippen molar-refractivity contribution in [2.24, 2.45) is 0 Å². The molecule has 0 radical (unpaired) electrons. The summed E-state index contributed by atoms with van der Waals surface area (Å²) in [6.07, 6.45) is 1.18. The second-order valence-corrected chi connectivity index (χ2v) is 2.80. The molecular formula is C10H11FO. The van der Waals surface area contributed by atoms with E-state index >= 15 is 0 Å². The highest BCUT2D eigenvalue weighted by molar-refractivity contribution is 5.76. The minimum Gasteiger partial charge on any atom is -0.298 e. The smallest absolute Gasteiger partial charge is 0.153 e. The lowest BCUT2D eigenvalue weighted by Crippen LogP contribution is -1.95. The third-order valence-corrected chi connectivity index (χ3v) is 1.83. The Hall–Kier alpha value is -1.18. The average Bonchev–Trinajstić information content (AvgIpc) is 2.08. The van der Waals surface area contributed by atoms with Crippen LogP contribution in [0.15, 0.2) is 12.1 Å². The fraction of sp³-hybridized carbons (Fsp3) is 0.300. The molecule has 0 atom stereocenters. The van der Waals surface area contributed by atoms with Crippen molar-refractivity contribution in [1.29, 1.82) is 0 Å². The van der Waals surface area contributed by atoms with Gasteiger partial charge in [0.2, 0.25) is 0 Å². The van der Waals surface area contributed by atoms with E-state index < -0.39 is 0 Å². The molecule has 64 valence electrons. The van der Waals surface area contributed by atoms with Crippen LogP contribution in [0.4, 0.5) is 4.39 Å². The van der Waals surface area contributed by atoms with Crippen LogP contribution in [-0.4, -0.2) is 6.29 Å². The molecule has 12 heavy (non-hydrogen) atoms. The van der Waals surface area contributed by atoms with Crippen molar-refractivity contribution < 1.29 is 9.18 Å². The molecule has 2 heteroatoms. The predicted octanol–water partition coefficient (Wildman–Crippen LogP) is 2.51. The number of aryl methyl sites for hydroxylation is 2. The van der Waals surface area contributed by atoms with Crippen LogP contribution in [0.25, 0.3) is 0 Å². The van der Waals surface area contributed by atoms with Gasteiger partial charge in [-0.05, 0) is 30.5 Å². The Labute approximate surface area is 71.2 Å². The predicted molar refractivity (Wildman–Crippen MR) is 45.9 cm³/mol. The molecule has 1 nitrogen and oxygen atoms in total. The lowest BCUT2D eigenvalue weighted by atomic mass is 10.0. The summed E-state index contributed by atoms with van der Waals surface area (Å²) in [6.45, 7) is 3.72. The zero-order chi connectivity index (χ0) is 9.14. The molecule has 1 aromatic rings. The number of benzene rings is 1. The van der Waals surface area contributed by atoms with Crippen molar-refractivity contribution in [3.05, 3.63) is 34.6 Å². The maximum Gasteiger partial charge on any atom is 0.153 e. The summed E-state index contributed by atoms with van der Waals surface area (Å²) in [5.74, 6) is -0.377. The van der Waals surface area contributed by atoms with Gasteiger partial charge in [-0.25, -0.2) is 4.39 Å². The van der Waals surface area contributed by atoms with Crippen LogP contribution in [0.1, 0.15) is 28.4 Å². The molecule has 0 N–H and O–H groups in total. The molecule has 0 aliphatic heterocycles. The van der Waals surface area contributed by atoms with Crippen molar-refractivity contribution in [3.8, 4) is 0 Å². The summed E-state index contributed by atoms with van der Waals surface area (Å²) < 4.78 is 13.2. The Morgan fingerprint density at radius 2 is 2.17 bits per heavy atom. The molecule has 0 saturated heterocycles. The van der Waals surface area contributed by atoms with Gasteiger partial charge in [0.15, 0.2) is 6.29 Å². The molecule has 1 rings (SSSR count). The van der Waals surface area contributed by atoms with E-state index in [9.17, 15) is 9.18 Å². The molecule has 0 spiro atoms. The molecule has 0 aliphatic carbocycles. The number of rotatable bonds is 2. The first-order chi connectivity index (χ1) is 5.69. The molecule has 0 saturated carbocycles. The second-order valence-electron chi connectivity index (χ2n) is 2.80. The first kappa shape index (κ1) is 8.91. The van der Waals surface area contributed by atoms with Gasteiger partial charge < -0.3 is 0 Å². The number of aldehydes is 1. The molecule has 0 aromatic heterocycles. The second kappa shape index (κ2) is 3.48. The summed E-state index contributed by atoms with van der Waals surface area (Å²) in [5, 5.41) is 0. The van der Waals surface area contributed by atoms with Gasteiger partial charge in [-0.3, -0.25) is 4.79 Å². The van der Waals surface area contributed by atoms with E-state index in [4.69, 9.17) is 0 Å². The number of halogens is 1. The molecule has 1 aromatic carbocycles. The molecule has 0 bridgehead atoms. The molecular weight excluding hydrogens is 155 g/mol. The topological polar surface area (TPSA) is 17.1 Å². The van der Waals surface area contributed by atoms with E-state index in [1.54, 1.807) is 12.1 Å². The first-order valence-corrected chi connectivity index (χ1v) is 3.93. The van der Waals surface area contributed by atoms with Gasteiger partial charge in [0.05, 0.1) is 5.56 Å². The van der Waals surface area contributed by atoms with Crippen molar-refractivity contribution in [3.63, 3.8) is 0 Å². The number of hydrogen-bond donors (Lipinski definition) is 0. The third kappa shape index (κ3) is 1.52. The Morgan fingerprint density at radius 1 is 1.50 bits per heavy atom. The quantitative estimate of drug-likeness (QED) is 0.617. The molecule has 0 amide bonds. The van der Waals surface area contributed by atoms with E-state index in [2.05, 4.69) is 0 Å². The van der Waals surface area contributed by atoms with Crippen LogP contribution in [0.5, 0.6) is 0 Å². The first-order valence-electron chi connectivity index (χ1n) is 3.93. The third-order valence-electron chi connectivity index (χ3n) is 1.83. The summed E-state index contributed by atoms with van der Waals surface area (Å²) in [4.78, 5) is 10.4. The van der Waals surface area contributed by atoms with E-state index in [0.29, 0.717) is 18.3 Å². The standard InChI is InChI=1S/C10H11FO/c1-3-8-4-7(2)5-9(6-12)10(8)11/h4-6H,3H2,1-2H3. The highest BCUT2D eigenvalue weighted by atomic mass is 19.1. The van der Waals surface area contributed by atoms with Crippen molar-refractivity contribution in [2.75, 3.05) is 0 Å². The highest BCUT2D eigenvalue weighted by Crippen LogP contribution is 2.14. The van der Waals surface area contributed by atoms with Gasteiger partial charge >= 0.3 is 0 Å². The van der Waals surface area contributed by atoms with E-state index in [1.165, 1.54) is 0 Å².